The van der Waals surface area contributed by atoms with Crippen molar-refractivity contribution in [1.82, 2.24) is 15.2 Å². The molecule has 1 heterocycles. The van der Waals surface area contributed by atoms with E-state index in [9.17, 15) is 0 Å². The van der Waals surface area contributed by atoms with Crippen molar-refractivity contribution in [3.05, 3.63) is 59.8 Å². The van der Waals surface area contributed by atoms with Crippen molar-refractivity contribution in [2.75, 3.05) is 31.4 Å². The highest BCUT2D eigenvalue weighted by atomic mass is 16.5. The van der Waals surface area contributed by atoms with Gasteiger partial charge in [-0.05, 0) is 48.7 Å². The summed E-state index contributed by atoms with van der Waals surface area (Å²) in [5.74, 6) is 2.57. The van der Waals surface area contributed by atoms with E-state index in [1.807, 2.05) is 49.4 Å². The molecule has 0 fully saturated rings. The monoisotopic (exact) mass is 365 g/mol. The number of benzene rings is 2. The van der Waals surface area contributed by atoms with Gasteiger partial charge in [-0.1, -0.05) is 18.2 Å². The van der Waals surface area contributed by atoms with Gasteiger partial charge in [-0.2, -0.15) is 10.1 Å². The number of aromatic nitrogens is 3. The smallest absolute Gasteiger partial charge is 0.249 e. The number of hydrogen-bond donors (Lipinski definition) is 2. The van der Waals surface area contributed by atoms with E-state index >= 15 is 0 Å². The summed E-state index contributed by atoms with van der Waals surface area (Å²) in [6.45, 7) is 2.74. The van der Waals surface area contributed by atoms with Crippen molar-refractivity contribution in [2.24, 2.45) is 0 Å². The number of methoxy groups -OCH3 is 2. The van der Waals surface area contributed by atoms with Gasteiger partial charge in [0.25, 0.3) is 0 Å². The topological polar surface area (TPSA) is 81.2 Å². The number of anilines is 3. The molecular weight excluding hydrogens is 342 g/mol. The summed E-state index contributed by atoms with van der Waals surface area (Å²) >= 11 is 0. The molecule has 140 valence electrons. The second-order valence-corrected chi connectivity index (χ2v) is 6.03. The Morgan fingerprint density at radius 1 is 1.00 bits per heavy atom. The molecule has 0 radical (unpaired) electrons. The van der Waals surface area contributed by atoms with Crippen LogP contribution < -0.4 is 20.1 Å². The Balaban J connectivity index is 1.58. The Morgan fingerprint density at radius 3 is 2.63 bits per heavy atom. The van der Waals surface area contributed by atoms with Crippen LogP contribution in [0.15, 0.2) is 48.7 Å². The van der Waals surface area contributed by atoms with Crippen LogP contribution in [-0.4, -0.2) is 35.9 Å². The summed E-state index contributed by atoms with van der Waals surface area (Å²) in [5.41, 5.74) is 3.23. The van der Waals surface area contributed by atoms with Crippen molar-refractivity contribution >= 4 is 17.5 Å². The predicted molar refractivity (Wildman–Crippen MR) is 106 cm³/mol. The SMILES string of the molecule is COc1ccc(CCNc2cnnc(Nc3cccc(C)c3)n2)cc1OC. The Kier molecular flexibility index (Phi) is 6.04. The lowest BCUT2D eigenvalue weighted by molar-refractivity contribution is 0.354. The van der Waals surface area contributed by atoms with E-state index in [0.29, 0.717) is 18.3 Å². The first-order chi connectivity index (χ1) is 13.2. The maximum Gasteiger partial charge on any atom is 0.249 e. The Bertz CT molecular complexity index is 901. The van der Waals surface area contributed by atoms with Crippen LogP contribution in [0.1, 0.15) is 11.1 Å². The van der Waals surface area contributed by atoms with Crippen LogP contribution in [0.5, 0.6) is 11.5 Å². The van der Waals surface area contributed by atoms with Crippen LogP contribution in [0.25, 0.3) is 0 Å². The maximum absolute atomic E-state index is 5.34. The third kappa shape index (κ3) is 5.07. The molecule has 7 heteroatoms. The predicted octanol–water partition coefficient (Wildman–Crippen LogP) is 3.60. The molecule has 0 aliphatic rings. The molecule has 0 aliphatic heterocycles. The van der Waals surface area contributed by atoms with Gasteiger partial charge in [0.2, 0.25) is 5.95 Å². The standard InChI is InChI=1S/C20H23N5O2/c1-14-5-4-6-16(11-14)23-20-24-19(13-22-25-20)21-10-9-15-7-8-17(26-2)18(12-15)27-3/h4-8,11-13H,9-10H2,1-3H3,(H2,21,23,24,25). The molecule has 7 nitrogen and oxygen atoms in total. The van der Waals surface area contributed by atoms with E-state index in [0.717, 1.165) is 34.7 Å². The van der Waals surface area contributed by atoms with Crippen molar-refractivity contribution in [3.63, 3.8) is 0 Å². The van der Waals surface area contributed by atoms with Crippen LogP contribution in [0.2, 0.25) is 0 Å². The van der Waals surface area contributed by atoms with Crippen LogP contribution >= 0.6 is 0 Å². The summed E-state index contributed by atoms with van der Waals surface area (Å²) in [6, 6.07) is 13.9. The minimum atomic E-state index is 0.455. The van der Waals surface area contributed by atoms with Crippen LogP contribution in [-0.2, 0) is 6.42 Å². The van der Waals surface area contributed by atoms with E-state index in [4.69, 9.17) is 9.47 Å². The van der Waals surface area contributed by atoms with Gasteiger partial charge in [0.15, 0.2) is 17.3 Å². The molecule has 0 unspecified atom stereocenters. The average Bonchev–Trinajstić information content (AvgIpc) is 2.68. The van der Waals surface area contributed by atoms with Crippen LogP contribution in [0.3, 0.4) is 0 Å². The van der Waals surface area contributed by atoms with E-state index in [-0.39, 0.29) is 0 Å². The third-order valence-electron chi connectivity index (χ3n) is 4.00. The lowest BCUT2D eigenvalue weighted by atomic mass is 10.1. The van der Waals surface area contributed by atoms with Crippen molar-refractivity contribution in [2.45, 2.75) is 13.3 Å². The number of ether oxygens (including phenoxy) is 2. The minimum absolute atomic E-state index is 0.455. The van der Waals surface area contributed by atoms with Gasteiger partial charge in [-0.25, -0.2) is 0 Å². The van der Waals surface area contributed by atoms with Crippen LogP contribution in [0, 0.1) is 6.92 Å². The van der Waals surface area contributed by atoms with Crippen LogP contribution in [0.4, 0.5) is 17.5 Å². The van der Waals surface area contributed by atoms with Gasteiger partial charge in [0, 0.05) is 12.2 Å². The van der Waals surface area contributed by atoms with Gasteiger partial charge in [-0.3, -0.25) is 0 Å². The molecule has 3 rings (SSSR count). The number of nitrogens with zero attached hydrogens (tertiary/aromatic N) is 3. The Hall–Kier alpha value is -3.35. The molecule has 0 bridgehead atoms. The molecule has 1 aromatic heterocycles. The number of rotatable bonds is 8. The highest BCUT2D eigenvalue weighted by Gasteiger charge is 2.05. The number of nitrogens with one attached hydrogen (secondary N) is 2. The molecule has 0 spiro atoms. The molecule has 2 N–H and O–H groups in total. The zero-order chi connectivity index (χ0) is 19.1. The average molecular weight is 365 g/mol. The quantitative estimate of drug-likeness (QED) is 0.631. The first-order valence-corrected chi connectivity index (χ1v) is 8.66. The van der Waals surface area contributed by atoms with Crippen molar-refractivity contribution in [3.8, 4) is 11.5 Å². The molecule has 0 saturated carbocycles. The normalized spacial score (nSPS) is 10.3. The lowest BCUT2D eigenvalue weighted by Gasteiger charge is -2.10. The molecule has 0 aliphatic carbocycles. The van der Waals surface area contributed by atoms with Gasteiger partial charge < -0.3 is 20.1 Å². The van der Waals surface area contributed by atoms with Gasteiger partial charge in [0.1, 0.15) is 0 Å². The maximum atomic E-state index is 5.34. The van der Waals surface area contributed by atoms with Gasteiger partial charge >= 0.3 is 0 Å². The summed E-state index contributed by atoms with van der Waals surface area (Å²) in [4.78, 5) is 4.45. The fraction of sp³-hybridized carbons (Fsp3) is 0.250. The largest absolute Gasteiger partial charge is 0.493 e. The first-order valence-electron chi connectivity index (χ1n) is 8.66. The fourth-order valence-electron chi connectivity index (χ4n) is 2.66. The van der Waals surface area contributed by atoms with E-state index < -0.39 is 0 Å². The molecule has 0 atom stereocenters. The number of aryl methyl sites for hydroxylation is 1. The summed E-state index contributed by atoms with van der Waals surface area (Å²) in [5, 5.41) is 14.5. The lowest BCUT2D eigenvalue weighted by Crippen LogP contribution is -2.09. The zero-order valence-electron chi connectivity index (χ0n) is 15.7. The first kappa shape index (κ1) is 18.4. The molecule has 0 saturated heterocycles. The van der Waals surface area contributed by atoms with E-state index in [2.05, 4.69) is 25.8 Å². The molecule has 0 amide bonds. The van der Waals surface area contributed by atoms with Gasteiger partial charge in [0.05, 0.1) is 20.4 Å². The molecule has 2 aromatic carbocycles. The summed E-state index contributed by atoms with van der Waals surface area (Å²) in [7, 11) is 3.26. The van der Waals surface area contributed by atoms with Crippen molar-refractivity contribution < 1.29 is 9.47 Å². The Labute approximate surface area is 158 Å². The minimum Gasteiger partial charge on any atom is -0.493 e. The molecule has 27 heavy (non-hydrogen) atoms. The van der Waals surface area contributed by atoms with E-state index in [1.54, 1.807) is 20.4 Å². The summed E-state index contributed by atoms with van der Waals surface area (Å²) in [6.07, 6.45) is 2.42. The highest BCUT2D eigenvalue weighted by molar-refractivity contribution is 5.55. The molecular formula is C20H23N5O2. The fourth-order valence-corrected chi connectivity index (χ4v) is 2.66. The Morgan fingerprint density at radius 2 is 1.85 bits per heavy atom. The second kappa shape index (κ2) is 8.84. The highest BCUT2D eigenvalue weighted by Crippen LogP contribution is 2.27. The number of hydrogen-bond acceptors (Lipinski definition) is 7. The zero-order valence-corrected chi connectivity index (χ0v) is 15.7. The molecule has 3 aromatic rings. The summed E-state index contributed by atoms with van der Waals surface area (Å²) < 4.78 is 10.6. The second-order valence-electron chi connectivity index (χ2n) is 6.03. The third-order valence-corrected chi connectivity index (χ3v) is 4.00. The van der Waals surface area contributed by atoms with Gasteiger partial charge in [-0.15, -0.1) is 5.10 Å². The van der Waals surface area contributed by atoms with E-state index in [1.165, 1.54) is 0 Å². The van der Waals surface area contributed by atoms with Crippen molar-refractivity contribution in [1.29, 1.82) is 0 Å².